The first-order valence-corrected chi connectivity index (χ1v) is 10.1. The molecule has 134 valence electrons. The number of aryl methyl sites for hydroxylation is 1. The van der Waals surface area contributed by atoms with Crippen LogP contribution in [-0.4, -0.2) is 35.7 Å². The number of rotatable bonds is 7. The first-order chi connectivity index (χ1) is 12.2. The summed E-state index contributed by atoms with van der Waals surface area (Å²) in [6.07, 6.45) is 3.97. The maximum Gasteiger partial charge on any atom is 0.133 e. The van der Waals surface area contributed by atoms with Crippen molar-refractivity contribution in [2.24, 2.45) is 0 Å². The molecule has 0 aromatic heterocycles. The molecule has 0 saturated carbocycles. The molecule has 25 heavy (non-hydrogen) atoms. The average Bonchev–Trinajstić information content (AvgIpc) is 2.64. The van der Waals surface area contributed by atoms with Gasteiger partial charge < -0.3 is 14.7 Å². The first kappa shape index (κ1) is 18.7. The van der Waals surface area contributed by atoms with E-state index in [9.17, 15) is 5.11 Å². The Bertz CT molecular complexity index is 668. The number of nitrogens with zero attached hydrogens (tertiary/aromatic N) is 1. The number of para-hydroxylation sites is 1. The molecule has 1 fully saturated rings. The zero-order chi connectivity index (χ0) is 17.5. The number of piperidine rings is 1. The molecule has 1 saturated heterocycles. The Labute approximate surface area is 164 Å². The highest BCUT2D eigenvalue weighted by atomic mass is 127. The standard InChI is InChI=1S/C21H26INO2/c22-20-9-3-4-10-21(20)25-16-18-7-2-1-6-17(18)8-5-13-23-14-11-19(24)12-15-23/h1-4,6-7,9-10,19,24H,5,8,11-16H2. The van der Waals surface area contributed by atoms with Crippen molar-refractivity contribution in [3.05, 3.63) is 63.2 Å². The minimum atomic E-state index is -0.0880. The summed E-state index contributed by atoms with van der Waals surface area (Å²) < 4.78 is 7.17. The van der Waals surface area contributed by atoms with Gasteiger partial charge in [-0.1, -0.05) is 36.4 Å². The van der Waals surface area contributed by atoms with Gasteiger partial charge in [0.25, 0.3) is 0 Å². The van der Waals surface area contributed by atoms with E-state index in [1.165, 1.54) is 11.1 Å². The molecular formula is C21H26INO2. The second-order valence-corrected chi connectivity index (χ2v) is 7.83. The van der Waals surface area contributed by atoms with E-state index in [2.05, 4.69) is 57.8 Å². The quantitative estimate of drug-likeness (QED) is 0.639. The van der Waals surface area contributed by atoms with Crippen molar-refractivity contribution < 1.29 is 9.84 Å². The summed E-state index contributed by atoms with van der Waals surface area (Å²) in [6.45, 7) is 3.78. The fraction of sp³-hybridized carbons (Fsp3) is 0.429. The van der Waals surface area contributed by atoms with Gasteiger partial charge in [-0.25, -0.2) is 0 Å². The van der Waals surface area contributed by atoms with Crippen molar-refractivity contribution in [1.29, 1.82) is 0 Å². The predicted octanol–water partition coefficient (Wildman–Crippen LogP) is 4.26. The smallest absolute Gasteiger partial charge is 0.133 e. The van der Waals surface area contributed by atoms with Gasteiger partial charge >= 0.3 is 0 Å². The Morgan fingerprint density at radius 1 is 1.00 bits per heavy atom. The lowest BCUT2D eigenvalue weighted by molar-refractivity contribution is 0.0821. The lowest BCUT2D eigenvalue weighted by Crippen LogP contribution is -2.36. The van der Waals surface area contributed by atoms with Gasteiger partial charge in [-0.15, -0.1) is 0 Å². The van der Waals surface area contributed by atoms with Crippen LogP contribution in [0.15, 0.2) is 48.5 Å². The summed E-state index contributed by atoms with van der Waals surface area (Å²) in [4.78, 5) is 2.47. The minimum absolute atomic E-state index is 0.0880. The molecule has 3 rings (SSSR count). The average molecular weight is 451 g/mol. The van der Waals surface area contributed by atoms with Crippen molar-refractivity contribution in [1.82, 2.24) is 4.90 Å². The summed E-state index contributed by atoms with van der Waals surface area (Å²) >= 11 is 2.31. The molecule has 0 atom stereocenters. The number of benzene rings is 2. The van der Waals surface area contributed by atoms with E-state index in [1.807, 2.05) is 18.2 Å². The molecule has 0 radical (unpaired) electrons. The molecule has 3 nitrogen and oxygen atoms in total. The van der Waals surface area contributed by atoms with Gasteiger partial charge in [0.2, 0.25) is 0 Å². The van der Waals surface area contributed by atoms with E-state index < -0.39 is 0 Å². The van der Waals surface area contributed by atoms with Crippen molar-refractivity contribution >= 4 is 22.6 Å². The van der Waals surface area contributed by atoms with Crippen LogP contribution >= 0.6 is 22.6 Å². The van der Waals surface area contributed by atoms with Gasteiger partial charge in [-0.2, -0.15) is 0 Å². The Morgan fingerprint density at radius 2 is 1.68 bits per heavy atom. The second-order valence-electron chi connectivity index (χ2n) is 6.66. The maximum absolute atomic E-state index is 9.60. The lowest BCUT2D eigenvalue weighted by Gasteiger charge is -2.29. The van der Waals surface area contributed by atoms with E-state index in [-0.39, 0.29) is 6.10 Å². The van der Waals surface area contributed by atoms with Gasteiger partial charge in [0, 0.05) is 13.1 Å². The second kappa shape index (κ2) is 9.55. The highest BCUT2D eigenvalue weighted by Gasteiger charge is 2.16. The summed E-state index contributed by atoms with van der Waals surface area (Å²) in [7, 11) is 0. The Kier molecular flexibility index (Phi) is 7.13. The molecular weight excluding hydrogens is 425 g/mol. The molecule has 1 N–H and O–H groups in total. The number of likely N-dealkylation sites (tertiary alicyclic amines) is 1. The van der Waals surface area contributed by atoms with Crippen molar-refractivity contribution in [2.45, 2.75) is 38.4 Å². The topological polar surface area (TPSA) is 32.7 Å². The lowest BCUT2D eigenvalue weighted by atomic mass is 10.0. The van der Waals surface area contributed by atoms with Crippen LogP contribution in [0.4, 0.5) is 0 Å². The van der Waals surface area contributed by atoms with Crippen LogP contribution in [0.25, 0.3) is 0 Å². The summed E-state index contributed by atoms with van der Waals surface area (Å²) in [6, 6.07) is 16.7. The number of hydrogen-bond donors (Lipinski definition) is 1. The number of aliphatic hydroxyl groups is 1. The van der Waals surface area contributed by atoms with Crippen LogP contribution in [0, 0.1) is 3.57 Å². The molecule has 0 aliphatic carbocycles. The number of ether oxygens (including phenoxy) is 1. The molecule has 0 spiro atoms. The fourth-order valence-corrected chi connectivity index (χ4v) is 3.84. The Hall–Kier alpha value is -1.11. The summed E-state index contributed by atoms with van der Waals surface area (Å²) in [5, 5.41) is 9.60. The highest BCUT2D eigenvalue weighted by Crippen LogP contribution is 2.22. The third-order valence-electron chi connectivity index (χ3n) is 4.82. The number of aliphatic hydroxyl groups excluding tert-OH is 1. The van der Waals surface area contributed by atoms with Gasteiger partial charge in [0.05, 0.1) is 9.67 Å². The first-order valence-electron chi connectivity index (χ1n) is 9.07. The Morgan fingerprint density at radius 3 is 2.44 bits per heavy atom. The zero-order valence-electron chi connectivity index (χ0n) is 14.5. The number of hydrogen-bond acceptors (Lipinski definition) is 3. The predicted molar refractivity (Wildman–Crippen MR) is 110 cm³/mol. The SMILES string of the molecule is OC1CCN(CCCc2ccccc2COc2ccccc2I)CC1. The molecule has 2 aromatic carbocycles. The third kappa shape index (κ3) is 5.69. The molecule has 0 bridgehead atoms. The fourth-order valence-electron chi connectivity index (χ4n) is 3.30. The van der Waals surface area contributed by atoms with Crippen LogP contribution < -0.4 is 4.74 Å². The van der Waals surface area contributed by atoms with Gasteiger partial charge in [-0.05, 0) is 78.1 Å². The zero-order valence-corrected chi connectivity index (χ0v) is 16.7. The summed E-state index contributed by atoms with van der Waals surface area (Å²) in [5.74, 6) is 0.949. The van der Waals surface area contributed by atoms with Crippen molar-refractivity contribution in [2.75, 3.05) is 19.6 Å². The normalized spacial score (nSPS) is 16.1. The van der Waals surface area contributed by atoms with E-state index >= 15 is 0 Å². The largest absolute Gasteiger partial charge is 0.488 e. The molecule has 1 aliphatic rings. The molecule has 2 aromatic rings. The van der Waals surface area contributed by atoms with E-state index in [1.54, 1.807) is 0 Å². The number of halogens is 1. The molecule has 0 unspecified atom stereocenters. The van der Waals surface area contributed by atoms with Gasteiger partial charge in [-0.3, -0.25) is 0 Å². The van der Waals surface area contributed by atoms with E-state index in [4.69, 9.17) is 4.74 Å². The minimum Gasteiger partial charge on any atom is -0.488 e. The van der Waals surface area contributed by atoms with E-state index in [0.29, 0.717) is 6.61 Å². The van der Waals surface area contributed by atoms with Crippen molar-refractivity contribution in [3.8, 4) is 5.75 Å². The van der Waals surface area contributed by atoms with Gasteiger partial charge in [0.15, 0.2) is 0 Å². The van der Waals surface area contributed by atoms with Crippen LogP contribution in [0.5, 0.6) is 5.75 Å². The third-order valence-corrected chi connectivity index (χ3v) is 5.71. The van der Waals surface area contributed by atoms with Crippen LogP contribution in [0.3, 0.4) is 0 Å². The van der Waals surface area contributed by atoms with Crippen molar-refractivity contribution in [3.63, 3.8) is 0 Å². The van der Waals surface area contributed by atoms with E-state index in [0.717, 1.165) is 54.6 Å². The molecule has 1 heterocycles. The van der Waals surface area contributed by atoms with Crippen LogP contribution in [-0.2, 0) is 13.0 Å². The molecule has 1 aliphatic heterocycles. The molecule has 0 amide bonds. The monoisotopic (exact) mass is 451 g/mol. The maximum atomic E-state index is 9.60. The Balaban J connectivity index is 1.51. The highest BCUT2D eigenvalue weighted by molar-refractivity contribution is 14.1. The summed E-state index contributed by atoms with van der Waals surface area (Å²) in [5.41, 5.74) is 2.65. The van der Waals surface area contributed by atoms with Gasteiger partial charge in [0.1, 0.15) is 12.4 Å². The van der Waals surface area contributed by atoms with Crippen LogP contribution in [0.1, 0.15) is 30.4 Å². The molecule has 4 heteroatoms. The van der Waals surface area contributed by atoms with Crippen LogP contribution in [0.2, 0.25) is 0 Å².